The quantitative estimate of drug-likeness (QED) is 0.811. The summed E-state index contributed by atoms with van der Waals surface area (Å²) in [7, 11) is 0. The molecule has 2 rings (SSSR count). The van der Waals surface area contributed by atoms with Gasteiger partial charge in [0, 0.05) is 12.1 Å². The van der Waals surface area contributed by atoms with Crippen molar-refractivity contribution in [3.05, 3.63) is 42.0 Å². The summed E-state index contributed by atoms with van der Waals surface area (Å²) in [6.07, 6.45) is 2.38. The number of carbonyl (C=O) groups is 1. The number of nitrogens with zero attached hydrogens (tertiary/aromatic N) is 2. The number of nitrogens with one attached hydrogen (secondary N) is 2. The van der Waals surface area contributed by atoms with E-state index in [0.29, 0.717) is 18.1 Å². The largest absolute Gasteiger partial charge is 0.338 e. The highest BCUT2D eigenvalue weighted by Crippen LogP contribution is 2.30. The molecule has 0 radical (unpaired) electrons. The Hall–Kier alpha value is -2.43. The molecule has 1 aromatic carbocycles. The van der Waals surface area contributed by atoms with Gasteiger partial charge in [-0.3, -0.25) is 4.79 Å². The fraction of sp³-hybridized carbons (Fsp3) is 0.421. The van der Waals surface area contributed by atoms with Crippen molar-refractivity contribution in [1.82, 2.24) is 10.2 Å². The molecule has 0 aliphatic rings. The maximum Gasteiger partial charge on any atom is 0.225 e. The van der Waals surface area contributed by atoms with E-state index < -0.39 is 0 Å². The van der Waals surface area contributed by atoms with Crippen LogP contribution >= 0.6 is 0 Å². The molecule has 24 heavy (non-hydrogen) atoms. The molecule has 0 unspecified atom stereocenters. The number of aromatic nitrogens is 2. The first-order chi connectivity index (χ1) is 11.4. The second kappa shape index (κ2) is 7.90. The van der Waals surface area contributed by atoms with E-state index >= 15 is 0 Å². The number of hydrogen-bond acceptors (Lipinski definition) is 4. The number of carbonyl (C=O) groups excluding carboxylic acids is 1. The van der Waals surface area contributed by atoms with Crippen molar-refractivity contribution in [2.24, 2.45) is 0 Å². The molecule has 1 aromatic heterocycles. The molecule has 0 bridgehead atoms. The summed E-state index contributed by atoms with van der Waals surface area (Å²) < 4.78 is 0. The third-order valence-corrected chi connectivity index (χ3v) is 3.69. The van der Waals surface area contributed by atoms with Gasteiger partial charge in [-0.15, -0.1) is 10.2 Å². The van der Waals surface area contributed by atoms with Crippen molar-refractivity contribution in [2.75, 3.05) is 10.6 Å². The fourth-order valence-electron chi connectivity index (χ4n) is 2.39. The van der Waals surface area contributed by atoms with E-state index in [4.69, 9.17) is 0 Å². The van der Waals surface area contributed by atoms with Crippen LogP contribution in [-0.2, 0) is 10.2 Å². The average molecular weight is 326 g/mol. The van der Waals surface area contributed by atoms with E-state index in [1.54, 1.807) is 6.07 Å². The maximum absolute atomic E-state index is 11.7. The van der Waals surface area contributed by atoms with Gasteiger partial charge in [0.25, 0.3) is 0 Å². The summed E-state index contributed by atoms with van der Waals surface area (Å²) in [4.78, 5) is 11.7. The molecule has 0 saturated carbocycles. The van der Waals surface area contributed by atoms with E-state index in [1.165, 1.54) is 5.56 Å². The molecule has 1 heterocycles. The molecule has 5 nitrogen and oxygen atoms in total. The molecule has 2 N–H and O–H groups in total. The van der Waals surface area contributed by atoms with Crippen molar-refractivity contribution in [2.45, 2.75) is 52.4 Å². The molecule has 128 valence electrons. The van der Waals surface area contributed by atoms with Gasteiger partial charge in [0.2, 0.25) is 5.91 Å². The topological polar surface area (TPSA) is 66.9 Å². The van der Waals surface area contributed by atoms with Gasteiger partial charge in [-0.2, -0.15) is 0 Å². The zero-order valence-electron chi connectivity index (χ0n) is 14.9. The Kier molecular flexibility index (Phi) is 5.90. The number of anilines is 3. The number of unbranched alkanes of at least 4 members (excludes halogenated alkanes) is 1. The molecule has 0 atom stereocenters. The van der Waals surface area contributed by atoms with Crippen LogP contribution in [0.15, 0.2) is 36.4 Å². The van der Waals surface area contributed by atoms with Crippen LogP contribution in [0.5, 0.6) is 0 Å². The molecule has 0 aliphatic carbocycles. The molecule has 0 spiro atoms. The summed E-state index contributed by atoms with van der Waals surface area (Å²) in [5.74, 6) is 1.11. The lowest BCUT2D eigenvalue weighted by molar-refractivity contribution is -0.116. The third kappa shape index (κ3) is 5.05. The van der Waals surface area contributed by atoms with Crippen LogP contribution in [0.25, 0.3) is 0 Å². The van der Waals surface area contributed by atoms with Crippen LogP contribution in [0.4, 0.5) is 17.3 Å². The lowest BCUT2D eigenvalue weighted by Gasteiger charge is -2.23. The van der Waals surface area contributed by atoms with E-state index in [2.05, 4.69) is 54.6 Å². The van der Waals surface area contributed by atoms with Gasteiger partial charge in [0.1, 0.15) is 0 Å². The minimum atomic E-state index is -0.0232. The van der Waals surface area contributed by atoms with E-state index in [-0.39, 0.29) is 11.3 Å². The second-order valence-electron chi connectivity index (χ2n) is 6.88. The molecule has 0 fully saturated rings. The highest BCUT2D eigenvalue weighted by molar-refractivity contribution is 5.89. The number of hydrogen-bond donors (Lipinski definition) is 2. The van der Waals surface area contributed by atoms with Crippen molar-refractivity contribution >= 4 is 23.2 Å². The van der Waals surface area contributed by atoms with Crippen molar-refractivity contribution in [1.29, 1.82) is 0 Å². The van der Waals surface area contributed by atoms with Gasteiger partial charge in [0.15, 0.2) is 11.6 Å². The first-order valence-electron chi connectivity index (χ1n) is 8.40. The highest BCUT2D eigenvalue weighted by Gasteiger charge is 2.17. The highest BCUT2D eigenvalue weighted by atomic mass is 16.1. The minimum Gasteiger partial charge on any atom is -0.338 e. The van der Waals surface area contributed by atoms with Crippen molar-refractivity contribution in [3.63, 3.8) is 0 Å². The Bertz CT molecular complexity index is 675. The second-order valence-corrected chi connectivity index (χ2v) is 6.88. The Balaban J connectivity index is 2.06. The van der Waals surface area contributed by atoms with Crippen LogP contribution in [0.2, 0.25) is 0 Å². The summed E-state index contributed by atoms with van der Waals surface area (Å²) >= 11 is 0. The summed E-state index contributed by atoms with van der Waals surface area (Å²) in [5, 5.41) is 14.3. The number of para-hydroxylation sites is 1. The molecular formula is C19H26N4O. The number of benzene rings is 1. The van der Waals surface area contributed by atoms with Crippen LogP contribution in [0.1, 0.15) is 52.5 Å². The van der Waals surface area contributed by atoms with E-state index in [9.17, 15) is 4.79 Å². The normalized spacial score (nSPS) is 11.2. The maximum atomic E-state index is 11.7. The minimum absolute atomic E-state index is 0.0232. The standard InChI is InChI=1S/C19H26N4O/c1-5-6-11-18(24)21-17-13-12-16(22-23-17)20-15-10-8-7-9-14(15)19(2,3)4/h7-10,12-13H,5-6,11H2,1-4H3,(H,20,22)(H,21,23,24). The van der Waals surface area contributed by atoms with Crippen LogP contribution in [-0.4, -0.2) is 16.1 Å². The molecule has 1 amide bonds. The monoisotopic (exact) mass is 326 g/mol. The predicted molar refractivity (Wildman–Crippen MR) is 98.6 cm³/mol. The van der Waals surface area contributed by atoms with Crippen molar-refractivity contribution < 1.29 is 4.79 Å². The van der Waals surface area contributed by atoms with Crippen LogP contribution < -0.4 is 10.6 Å². The Morgan fingerprint density at radius 1 is 1.04 bits per heavy atom. The predicted octanol–water partition coefficient (Wildman–Crippen LogP) is 4.65. The zero-order valence-corrected chi connectivity index (χ0v) is 14.9. The average Bonchev–Trinajstić information content (AvgIpc) is 2.54. The van der Waals surface area contributed by atoms with Gasteiger partial charge >= 0.3 is 0 Å². The lowest BCUT2D eigenvalue weighted by atomic mass is 9.86. The number of rotatable bonds is 6. The van der Waals surface area contributed by atoms with Gasteiger partial charge in [0.05, 0.1) is 0 Å². The summed E-state index contributed by atoms with van der Waals surface area (Å²) in [5.41, 5.74) is 2.26. The Morgan fingerprint density at radius 2 is 1.71 bits per heavy atom. The SMILES string of the molecule is CCCCC(=O)Nc1ccc(Nc2ccccc2C(C)(C)C)nn1. The fourth-order valence-corrected chi connectivity index (χ4v) is 2.39. The molecule has 5 heteroatoms. The Morgan fingerprint density at radius 3 is 2.33 bits per heavy atom. The summed E-state index contributed by atoms with van der Waals surface area (Å²) in [6, 6.07) is 11.8. The Labute approximate surface area is 143 Å². The van der Waals surface area contributed by atoms with Gasteiger partial charge in [-0.25, -0.2) is 0 Å². The van der Waals surface area contributed by atoms with E-state index in [0.717, 1.165) is 18.5 Å². The van der Waals surface area contributed by atoms with Gasteiger partial charge in [-0.05, 0) is 35.6 Å². The molecular weight excluding hydrogens is 300 g/mol. The van der Waals surface area contributed by atoms with Gasteiger partial charge < -0.3 is 10.6 Å². The zero-order chi connectivity index (χ0) is 17.6. The van der Waals surface area contributed by atoms with E-state index in [1.807, 2.05) is 24.3 Å². The number of amides is 1. The smallest absolute Gasteiger partial charge is 0.225 e. The lowest BCUT2D eigenvalue weighted by Crippen LogP contribution is -2.14. The van der Waals surface area contributed by atoms with Crippen LogP contribution in [0, 0.1) is 0 Å². The third-order valence-electron chi connectivity index (χ3n) is 3.69. The van der Waals surface area contributed by atoms with Crippen molar-refractivity contribution in [3.8, 4) is 0 Å². The van der Waals surface area contributed by atoms with Gasteiger partial charge in [-0.1, -0.05) is 52.3 Å². The molecule has 2 aromatic rings. The molecule has 0 aliphatic heterocycles. The first-order valence-corrected chi connectivity index (χ1v) is 8.40. The summed E-state index contributed by atoms with van der Waals surface area (Å²) in [6.45, 7) is 8.58. The van der Waals surface area contributed by atoms with Crippen LogP contribution in [0.3, 0.4) is 0 Å². The molecule has 0 saturated heterocycles. The first kappa shape index (κ1) is 17.9.